The minimum atomic E-state index is -0.632. The molecule has 0 radical (unpaired) electrons. The van der Waals surface area contributed by atoms with E-state index < -0.39 is 6.10 Å². The van der Waals surface area contributed by atoms with Gasteiger partial charge in [0.25, 0.3) is 0 Å². The Kier molecular flexibility index (Phi) is 5.45. The standard InChI is InChI=1S/C16H16Cl2FNO/c1-2-13(20)16(10-6-3-4-8-12(10)19)21-14-9-5-7-11(17)15(14)18/h3-9,13,16H,2,20H2,1H3. The second kappa shape index (κ2) is 7.12. The Morgan fingerprint density at radius 1 is 1.14 bits per heavy atom. The molecular weight excluding hydrogens is 312 g/mol. The van der Waals surface area contributed by atoms with Gasteiger partial charge in [-0.2, -0.15) is 0 Å². The molecule has 0 aliphatic heterocycles. The Labute approximate surface area is 133 Å². The molecule has 112 valence electrons. The van der Waals surface area contributed by atoms with Crippen LogP contribution < -0.4 is 10.5 Å². The van der Waals surface area contributed by atoms with Gasteiger partial charge < -0.3 is 10.5 Å². The molecule has 2 atom stereocenters. The SMILES string of the molecule is CCC(N)C(Oc1cccc(Cl)c1Cl)c1ccccc1F. The fraction of sp³-hybridized carbons (Fsp3) is 0.250. The van der Waals surface area contributed by atoms with E-state index in [4.69, 9.17) is 33.7 Å². The van der Waals surface area contributed by atoms with Crippen LogP contribution in [0.25, 0.3) is 0 Å². The summed E-state index contributed by atoms with van der Waals surface area (Å²) in [6.07, 6.45) is 0.00384. The van der Waals surface area contributed by atoms with Crippen LogP contribution in [0.5, 0.6) is 5.75 Å². The zero-order chi connectivity index (χ0) is 15.4. The molecule has 21 heavy (non-hydrogen) atoms. The van der Waals surface area contributed by atoms with Crippen LogP contribution in [-0.2, 0) is 0 Å². The van der Waals surface area contributed by atoms with E-state index in [9.17, 15) is 4.39 Å². The van der Waals surface area contributed by atoms with Gasteiger partial charge in [0.1, 0.15) is 22.7 Å². The zero-order valence-electron chi connectivity index (χ0n) is 11.5. The van der Waals surface area contributed by atoms with Crippen LogP contribution in [0, 0.1) is 5.82 Å². The second-order valence-electron chi connectivity index (χ2n) is 4.68. The Morgan fingerprint density at radius 2 is 1.86 bits per heavy atom. The van der Waals surface area contributed by atoms with Crippen molar-refractivity contribution < 1.29 is 9.13 Å². The average Bonchev–Trinajstić information content (AvgIpc) is 2.49. The number of halogens is 3. The summed E-state index contributed by atoms with van der Waals surface area (Å²) in [7, 11) is 0. The molecule has 2 aromatic carbocycles. The molecule has 2 aromatic rings. The van der Waals surface area contributed by atoms with Crippen molar-refractivity contribution in [2.75, 3.05) is 0 Å². The third-order valence-electron chi connectivity index (χ3n) is 3.24. The van der Waals surface area contributed by atoms with Gasteiger partial charge in [-0.1, -0.05) is 54.4 Å². The molecule has 0 aliphatic rings. The monoisotopic (exact) mass is 327 g/mol. The molecule has 2 nitrogen and oxygen atoms in total. The van der Waals surface area contributed by atoms with Crippen molar-refractivity contribution in [1.29, 1.82) is 0 Å². The van der Waals surface area contributed by atoms with E-state index in [0.29, 0.717) is 27.8 Å². The predicted octanol–water partition coefficient (Wildman–Crippen LogP) is 4.99. The lowest BCUT2D eigenvalue weighted by atomic mass is 10.0. The molecule has 0 saturated heterocycles. The topological polar surface area (TPSA) is 35.2 Å². The summed E-state index contributed by atoms with van der Waals surface area (Å²) in [6, 6.07) is 11.1. The third-order valence-corrected chi connectivity index (χ3v) is 4.04. The molecule has 5 heteroatoms. The van der Waals surface area contributed by atoms with E-state index in [1.807, 2.05) is 6.92 Å². The molecule has 0 aromatic heterocycles. The largest absolute Gasteiger partial charge is 0.482 e. The van der Waals surface area contributed by atoms with Gasteiger partial charge in [-0.3, -0.25) is 0 Å². The Bertz CT molecular complexity index is 621. The van der Waals surface area contributed by atoms with Crippen LogP contribution in [-0.4, -0.2) is 6.04 Å². The predicted molar refractivity (Wildman–Crippen MR) is 84.5 cm³/mol. The van der Waals surface area contributed by atoms with Gasteiger partial charge in [-0.05, 0) is 24.6 Å². The summed E-state index contributed by atoms with van der Waals surface area (Å²) in [5.74, 6) is 0.0332. The summed E-state index contributed by atoms with van der Waals surface area (Å²) in [4.78, 5) is 0. The average molecular weight is 328 g/mol. The summed E-state index contributed by atoms with van der Waals surface area (Å²) in [5, 5.41) is 0.676. The van der Waals surface area contributed by atoms with Gasteiger partial charge in [0, 0.05) is 11.6 Å². The van der Waals surface area contributed by atoms with Gasteiger partial charge in [0.05, 0.1) is 5.02 Å². The van der Waals surface area contributed by atoms with E-state index in [1.165, 1.54) is 6.07 Å². The van der Waals surface area contributed by atoms with Gasteiger partial charge in [0.2, 0.25) is 0 Å². The fourth-order valence-electron chi connectivity index (χ4n) is 2.01. The number of ether oxygens (including phenoxy) is 1. The summed E-state index contributed by atoms with van der Waals surface area (Å²) in [5.41, 5.74) is 6.49. The highest BCUT2D eigenvalue weighted by molar-refractivity contribution is 6.42. The number of hydrogen-bond donors (Lipinski definition) is 1. The molecule has 0 heterocycles. The second-order valence-corrected chi connectivity index (χ2v) is 5.47. The maximum Gasteiger partial charge on any atom is 0.142 e. The first kappa shape index (κ1) is 16.1. The first-order valence-corrected chi connectivity index (χ1v) is 7.40. The molecule has 2 unspecified atom stereocenters. The minimum Gasteiger partial charge on any atom is -0.482 e. The van der Waals surface area contributed by atoms with Crippen molar-refractivity contribution in [3.05, 3.63) is 63.9 Å². The van der Waals surface area contributed by atoms with E-state index >= 15 is 0 Å². The third kappa shape index (κ3) is 3.67. The Hall–Kier alpha value is -1.29. The zero-order valence-corrected chi connectivity index (χ0v) is 13.0. The van der Waals surface area contributed by atoms with Gasteiger partial charge >= 0.3 is 0 Å². The minimum absolute atomic E-state index is 0.295. The van der Waals surface area contributed by atoms with Crippen LogP contribution in [0.15, 0.2) is 42.5 Å². The lowest BCUT2D eigenvalue weighted by Gasteiger charge is -2.25. The van der Waals surface area contributed by atoms with Crippen molar-refractivity contribution in [1.82, 2.24) is 0 Å². The molecule has 0 aliphatic carbocycles. The summed E-state index contributed by atoms with van der Waals surface area (Å²) >= 11 is 12.1. The van der Waals surface area contributed by atoms with Gasteiger partial charge in [-0.25, -0.2) is 4.39 Å². The number of nitrogens with two attached hydrogens (primary N) is 1. The van der Waals surface area contributed by atoms with Crippen molar-refractivity contribution in [3.63, 3.8) is 0 Å². The van der Waals surface area contributed by atoms with Crippen LogP contribution >= 0.6 is 23.2 Å². The van der Waals surface area contributed by atoms with Gasteiger partial charge in [0.15, 0.2) is 0 Å². The first-order valence-electron chi connectivity index (χ1n) is 6.65. The van der Waals surface area contributed by atoms with E-state index in [-0.39, 0.29) is 11.9 Å². The molecule has 0 fully saturated rings. The number of hydrogen-bond acceptors (Lipinski definition) is 2. The maximum absolute atomic E-state index is 14.0. The van der Waals surface area contributed by atoms with Crippen LogP contribution in [0.4, 0.5) is 4.39 Å². The molecule has 0 spiro atoms. The maximum atomic E-state index is 14.0. The molecule has 2 N–H and O–H groups in total. The highest BCUT2D eigenvalue weighted by Crippen LogP contribution is 2.35. The van der Waals surface area contributed by atoms with Crippen molar-refractivity contribution in [3.8, 4) is 5.75 Å². The first-order chi connectivity index (χ1) is 10.0. The fourth-order valence-corrected chi connectivity index (χ4v) is 2.35. The van der Waals surface area contributed by atoms with Crippen LogP contribution in [0.1, 0.15) is 25.0 Å². The van der Waals surface area contributed by atoms with Crippen molar-refractivity contribution in [2.45, 2.75) is 25.5 Å². The smallest absolute Gasteiger partial charge is 0.142 e. The van der Waals surface area contributed by atoms with E-state index in [0.717, 1.165) is 0 Å². The van der Waals surface area contributed by atoms with Gasteiger partial charge in [-0.15, -0.1) is 0 Å². The Morgan fingerprint density at radius 3 is 2.52 bits per heavy atom. The Balaban J connectivity index is 2.38. The molecule has 0 saturated carbocycles. The summed E-state index contributed by atoms with van der Waals surface area (Å²) < 4.78 is 19.9. The highest BCUT2D eigenvalue weighted by atomic mass is 35.5. The van der Waals surface area contributed by atoms with E-state index in [2.05, 4.69) is 0 Å². The number of benzene rings is 2. The lowest BCUT2D eigenvalue weighted by Crippen LogP contribution is -2.32. The molecular formula is C16H16Cl2FNO. The van der Waals surface area contributed by atoms with Crippen molar-refractivity contribution >= 4 is 23.2 Å². The molecule has 0 amide bonds. The van der Waals surface area contributed by atoms with E-state index in [1.54, 1.807) is 36.4 Å². The highest BCUT2D eigenvalue weighted by Gasteiger charge is 2.24. The number of rotatable bonds is 5. The quantitative estimate of drug-likeness (QED) is 0.839. The normalized spacial score (nSPS) is 13.8. The van der Waals surface area contributed by atoms with Crippen LogP contribution in [0.2, 0.25) is 10.0 Å². The molecule has 2 rings (SSSR count). The summed E-state index contributed by atoms with van der Waals surface area (Å²) in [6.45, 7) is 1.92. The lowest BCUT2D eigenvalue weighted by molar-refractivity contribution is 0.166. The molecule has 0 bridgehead atoms. The van der Waals surface area contributed by atoms with Crippen LogP contribution in [0.3, 0.4) is 0 Å². The van der Waals surface area contributed by atoms with Crippen molar-refractivity contribution in [2.24, 2.45) is 5.73 Å².